The molecule has 1 saturated heterocycles. The Hall–Kier alpha value is -2.62. The maximum absolute atomic E-state index is 12.6. The molecule has 0 aliphatic carbocycles. The highest BCUT2D eigenvalue weighted by molar-refractivity contribution is 8.00. The minimum atomic E-state index is -0.512. The molecule has 2 N–H and O–H groups in total. The van der Waals surface area contributed by atoms with Crippen molar-refractivity contribution < 1.29 is 14.6 Å². The van der Waals surface area contributed by atoms with Crippen molar-refractivity contribution in [3.05, 3.63) is 64.3 Å². The molecule has 28 heavy (non-hydrogen) atoms. The number of para-hydroxylation sites is 1. The Morgan fingerprint density at radius 3 is 2.96 bits per heavy atom. The molecule has 1 aromatic heterocycles. The molecule has 9 heteroatoms. The highest BCUT2D eigenvalue weighted by atomic mass is 32.2. The van der Waals surface area contributed by atoms with Crippen molar-refractivity contribution in [2.75, 3.05) is 29.6 Å². The zero-order valence-electron chi connectivity index (χ0n) is 15.2. The summed E-state index contributed by atoms with van der Waals surface area (Å²) in [6, 6.07) is 9.47. The average molecular weight is 400 g/mol. The van der Waals surface area contributed by atoms with Gasteiger partial charge in [0.25, 0.3) is 5.91 Å². The third-order valence-electron chi connectivity index (χ3n) is 4.66. The second-order valence-electron chi connectivity index (χ2n) is 6.56. The van der Waals surface area contributed by atoms with Gasteiger partial charge in [-0.1, -0.05) is 18.2 Å². The van der Waals surface area contributed by atoms with Crippen LogP contribution in [0.2, 0.25) is 0 Å². The lowest BCUT2D eigenvalue weighted by Gasteiger charge is -2.25. The van der Waals surface area contributed by atoms with Gasteiger partial charge < -0.3 is 20.1 Å². The predicted octanol–water partition coefficient (Wildman–Crippen LogP) is 1.34. The van der Waals surface area contributed by atoms with E-state index < -0.39 is 11.9 Å². The summed E-state index contributed by atoms with van der Waals surface area (Å²) in [7, 11) is 1.89. The number of benzene rings is 1. The largest absolute Gasteiger partial charge is 0.393 e. The Morgan fingerprint density at radius 1 is 1.39 bits per heavy atom. The molecule has 2 aliphatic heterocycles. The van der Waals surface area contributed by atoms with Crippen LogP contribution in [0.1, 0.15) is 11.8 Å². The molecule has 2 atom stereocenters. The van der Waals surface area contributed by atoms with Gasteiger partial charge in [-0.3, -0.25) is 9.36 Å². The number of amides is 1. The molecule has 1 fully saturated rings. The van der Waals surface area contributed by atoms with Crippen LogP contribution in [0.5, 0.6) is 0 Å². The number of ether oxygens (including phenoxy) is 1. The Bertz CT molecular complexity index is 990. The molecular formula is C19H20N4O4S. The molecule has 0 saturated carbocycles. The van der Waals surface area contributed by atoms with Crippen LogP contribution >= 0.6 is 11.8 Å². The molecule has 146 valence electrons. The summed E-state index contributed by atoms with van der Waals surface area (Å²) in [6.45, 7) is -0.107. The molecule has 0 bridgehead atoms. The van der Waals surface area contributed by atoms with E-state index in [1.807, 2.05) is 36.2 Å². The van der Waals surface area contributed by atoms with E-state index >= 15 is 0 Å². The number of fused-ring (bicyclic) bond motifs is 1. The fourth-order valence-corrected chi connectivity index (χ4v) is 4.21. The van der Waals surface area contributed by atoms with Crippen LogP contribution in [-0.4, -0.2) is 45.4 Å². The number of hydrogen-bond acceptors (Lipinski definition) is 7. The lowest BCUT2D eigenvalue weighted by molar-refractivity contribution is -0.113. The van der Waals surface area contributed by atoms with Gasteiger partial charge in [0.15, 0.2) is 0 Å². The number of nitrogens with one attached hydrogen (secondary N) is 1. The van der Waals surface area contributed by atoms with E-state index in [1.54, 1.807) is 18.5 Å². The number of aliphatic hydroxyl groups excluding tert-OH is 1. The molecule has 8 nitrogen and oxygen atoms in total. The zero-order chi connectivity index (χ0) is 19.7. The van der Waals surface area contributed by atoms with Gasteiger partial charge in [0.05, 0.1) is 6.61 Å². The number of hydrogen-bond donors (Lipinski definition) is 2. The third kappa shape index (κ3) is 3.68. The number of thioether (sulfide) groups is 1. The van der Waals surface area contributed by atoms with E-state index in [-0.39, 0.29) is 23.8 Å². The van der Waals surface area contributed by atoms with Crippen LogP contribution in [0.15, 0.2) is 53.1 Å². The number of aliphatic hydroxyl groups is 1. The molecule has 2 aliphatic rings. The van der Waals surface area contributed by atoms with Gasteiger partial charge in [-0.2, -0.15) is 4.98 Å². The number of carbonyl (C=O) groups is 1. The minimum Gasteiger partial charge on any atom is -0.393 e. The topological polar surface area (TPSA) is 96.7 Å². The number of anilines is 2. The molecular weight excluding hydrogens is 380 g/mol. The first kappa shape index (κ1) is 18.7. The van der Waals surface area contributed by atoms with Crippen LogP contribution < -0.4 is 15.9 Å². The van der Waals surface area contributed by atoms with Gasteiger partial charge in [-0.15, -0.1) is 11.8 Å². The normalized spacial score (nSPS) is 21.2. The summed E-state index contributed by atoms with van der Waals surface area (Å²) >= 11 is 1.44. The van der Waals surface area contributed by atoms with Crippen LogP contribution in [0.25, 0.3) is 0 Å². The van der Waals surface area contributed by atoms with Crippen LogP contribution in [-0.2, 0) is 16.0 Å². The Labute approximate surface area is 165 Å². The van der Waals surface area contributed by atoms with Crippen molar-refractivity contribution in [3.8, 4) is 0 Å². The molecule has 0 spiro atoms. The van der Waals surface area contributed by atoms with Gasteiger partial charge in [0.1, 0.15) is 17.5 Å². The lowest BCUT2D eigenvalue weighted by atomic mass is 9.99. The quantitative estimate of drug-likeness (QED) is 0.799. The summed E-state index contributed by atoms with van der Waals surface area (Å²) in [5, 5.41) is 11.8. The van der Waals surface area contributed by atoms with Gasteiger partial charge in [-0.05, 0) is 17.7 Å². The summed E-state index contributed by atoms with van der Waals surface area (Å²) in [6.07, 6.45) is 3.38. The van der Waals surface area contributed by atoms with E-state index in [2.05, 4.69) is 10.3 Å². The summed E-state index contributed by atoms with van der Waals surface area (Å²) in [4.78, 5) is 30.8. The first-order valence-corrected chi connectivity index (χ1v) is 9.90. The first-order valence-electron chi connectivity index (χ1n) is 8.85. The van der Waals surface area contributed by atoms with Crippen LogP contribution in [0.3, 0.4) is 0 Å². The minimum absolute atomic E-state index is 0.107. The van der Waals surface area contributed by atoms with Crippen LogP contribution in [0, 0.1) is 0 Å². The third-order valence-corrected chi connectivity index (χ3v) is 5.77. The van der Waals surface area contributed by atoms with E-state index in [9.17, 15) is 9.59 Å². The second kappa shape index (κ2) is 7.78. The van der Waals surface area contributed by atoms with E-state index in [4.69, 9.17) is 9.84 Å². The van der Waals surface area contributed by atoms with E-state index in [0.29, 0.717) is 17.7 Å². The fourth-order valence-electron chi connectivity index (χ4n) is 3.28. The van der Waals surface area contributed by atoms with Gasteiger partial charge in [0.2, 0.25) is 0 Å². The smallest absolute Gasteiger partial charge is 0.351 e. The summed E-state index contributed by atoms with van der Waals surface area (Å²) < 4.78 is 6.94. The second-order valence-corrected chi connectivity index (χ2v) is 7.76. The standard InChI is InChI=1S/C19H20N4O4S/c1-22-9-13(8-12-4-2-3-5-14(12)22)18(25)20-15-6-7-23(19(26)21-15)16-11-28-17(10-24)27-16/h2-7,9,16-17,24H,8,10-11H2,1H3,(H,20,21,25,26). The van der Waals surface area contributed by atoms with E-state index in [1.165, 1.54) is 16.3 Å². The summed E-state index contributed by atoms with van der Waals surface area (Å²) in [5.74, 6) is 0.453. The number of aromatic nitrogens is 2. The van der Waals surface area contributed by atoms with Gasteiger partial charge in [0, 0.05) is 42.9 Å². The first-order chi connectivity index (χ1) is 13.5. The molecule has 2 aromatic rings. The highest BCUT2D eigenvalue weighted by Gasteiger charge is 2.27. The van der Waals surface area contributed by atoms with Crippen molar-refractivity contribution in [3.63, 3.8) is 0 Å². The number of nitrogens with zero attached hydrogens (tertiary/aromatic N) is 3. The van der Waals surface area contributed by atoms with Gasteiger partial charge in [-0.25, -0.2) is 4.79 Å². The van der Waals surface area contributed by atoms with E-state index in [0.717, 1.165) is 11.3 Å². The number of carbonyl (C=O) groups excluding carboxylic acids is 1. The average Bonchev–Trinajstić information content (AvgIpc) is 3.17. The Kier molecular flexibility index (Phi) is 5.21. The molecule has 0 radical (unpaired) electrons. The van der Waals surface area contributed by atoms with Crippen molar-refractivity contribution in [2.24, 2.45) is 0 Å². The maximum atomic E-state index is 12.6. The van der Waals surface area contributed by atoms with Crippen molar-refractivity contribution in [2.45, 2.75) is 18.1 Å². The molecule has 1 aromatic carbocycles. The molecule has 4 rings (SSSR count). The monoisotopic (exact) mass is 400 g/mol. The Balaban J connectivity index is 1.47. The SMILES string of the molecule is CN1C=C(C(=O)Nc2ccn(C3CSC(CO)O3)c(=O)n2)Cc2ccccc21. The number of rotatable bonds is 4. The maximum Gasteiger partial charge on any atom is 0.351 e. The van der Waals surface area contributed by atoms with Crippen molar-refractivity contribution in [1.82, 2.24) is 9.55 Å². The van der Waals surface area contributed by atoms with Crippen molar-refractivity contribution in [1.29, 1.82) is 0 Å². The lowest BCUT2D eigenvalue weighted by Crippen LogP contribution is -2.30. The molecule has 1 amide bonds. The highest BCUT2D eigenvalue weighted by Crippen LogP contribution is 2.30. The predicted molar refractivity (Wildman–Crippen MR) is 107 cm³/mol. The van der Waals surface area contributed by atoms with Gasteiger partial charge >= 0.3 is 5.69 Å². The molecule has 3 heterocycles. The van der Waals surface area contributed by atoms with Crippen molar-refractivity contribution >= 4 is 29.2 Å². The molecule has 2 unspecified atom stereocenters. The Morgan fingerprint density at radius 2 is 2.21 bits per heavy atom. The fraction of sp³-hybridized carbons (Fsp3) is 0.316. The van der Waals surface area contributed by atoms with Crippen LogP contribution in [0.4, 0.5) is 11.5 Å². The summed E-state index contributed by atoms with van der Waals surface area (Å²) in [5.41, 5.74) is 1.87. The zero-order valence-corrected chi connectivity index (χ0v) is 16.1.